The Morgan fingerprint density at radius 3 is 2.12 bits per heavy atom. The Morgan fingerprint density at radius 2 is 1.65 bits per heavy atom. The van der Waals surface area contributed by atoms with E-state index in [4.69, 9.17) is 15.3 Å². The molecule has 4 atom stereocenters. The van der Waals surface area contributed by atoms with Crippen molar-refractivity contribution in [2.24, 2.45) is 0 Å². The maximum Gasteiger partial charge on any atom is 0.186 e. The van der Waals surface area contributed by atoms with Gasteiger partial charge in [0.25, 0.3) is 0 Å². The average Bonchev–Trinajstić information content (AvgIpc) is 2.35. The summed E-state index contributed by atoms with van der Waals surface area (Å²) in [6, 6.07) is 0. The van der Waals surface area contributed by atoms with Crippen LogP contribution in [-0.4, -0.2) is 74.1 Å². The van der Waals surface area contributed by atoms with Gasteiger partial charge < -0.3 is 30.6 Å². The van der Waals surface area contributed by atoms with Crippen LogP contribution in [-0.2, 0) is 4.79 Å². The first-order valence-corrected chi connectivity index (χ1v) is 5.10. The first kappa shape index (κ1) is 16.2. The summed E-state index contributed by atoms with van der Waals surface area (Å²) >= 11 is 0. The lowest BCUT2D eigenvalue weighted by atomic mass is 10.00. The minimum atomic E-state index is -1.90. The van der Waals surface area contributed by atoms with Crippen molar-refractivity contribution in [3.63, 3.8) is 0 Å². The Kier molecular flexibility index (Phi) is 7.88. The van der Waals surface area contributed by atoms with Gasteiger partial charge in [0.2, 0.25) is 0 Å². The molecule has 0 aliphatic rings. The summed E-state index contributed by atoms with van der Waals surface area (Å²) in [5, 5.41) is 53.9. The van der Waals surface area contributed by atoms with Crippen LogP contribution in [0.2, 0.25) is 0 Å². The van der Waals surface area contributed by atoms with Crippen molar-refractivity contribution in [1.29, 1.82) is 0 Å². The number of hydrogen-bond donors (Lipinski definition) is 6. The van der Waals surface area contributed by atoms with E-state index in [1.54, 1.807) is 0 Å². The van der Waals surface area contributed by atoms with Gasteiger partial charge in [0.15, 0.2) is 5.78 Å². The molecule has 7 heteroatoms. The number of carbonyl (C=O) groups excluding carboxylic acids is 1. The normalized spacial score (nSPS) is 18.9. The molecule has 0 aliphatic heterocycles. The molecule has 0 aromatic heterocycles. The lowest BCUT2D eigenvalue weighted by molar-refractivity contribution is -0.142. The number of aliphatic hydroxyl groups is 6. The van der Waals surface area contributed by atoms with E-state index in [0.29, 0.717) is 0 Å². The average molecular weight is 250 g/mol. The fourth-order valence-corrected chi connectivity index (χ4v) is 1.06. The zero-order chi connectivity index (χ0) is 13.4. The molecule has 0 aromatic rings. The lowest BCUT2D eigenvalue weighted by Crippen LogP contribution is -2.48. The van der Waals surface area contributed by atoms with Gasteiger partial charge in [-0.3, -0.25) is 4.79 Å². The number of aliphatic hydroxyl groups excluding tert-OH is 6. The van der Waals surface area contributed by atoms with Crippen molar-refractivity contribution in [2.75, 3.05) is 13.2 Å². The molecule has 0 fully saturated rings. The molecule has 0 aromatic carbocycles. The van der Waals surface area contributed by atoms with Gasteiger partial charge in [-0.15, -0.1) is 0 Å². The van der Waals surface area contributed by atoms with E-state index in [1.165, 1.54) is 6.08 Å². The Labute approximate surface area is 98.3 Å². The van der Waals surface area contributed by atoms with Gasteiger partial charge in [-0.1, -0.05) is 6.08 Å². The molecule has 0 spiro atoms. The number of rotatable bonds is 8. The van der Waals surface area contributed by atoms with E-state index < -0.39 is 36.8 Å². The third-order valence-electron chi connectivity index (χ3n) is 2.12. The summed E-state index contributed by atoms with van der Waals surface area (Å²) in [5.74, 6) is -0.866. The molecule has 0 heterocycles. The van der Waals surface area contributed by atoms with Crippen LogP contribution in [0.5, 0.6) is 0 Å². The second-order valence-corrected chi connectivity index (χ2v) is 3.49. The maximum absolute atomic E-state index is 11.2. The number of carbonyl (C=O) groups is 1. The first-order chi connectivity index (χ1) is 7.95. The standard InChI is InChI=1S/C10H18O7/c11-4-2-1-3-6(13)8(15)10(17)9(16)7(14)5-12/h1,3,7-12,14-17H,2,4-5H2/t7-,8+,9-,10-/m1/s1. The lowest BCUT2D eigenvalue weighted by Gasteiger charge is -2.24. The zero-order valence-corrected chi connectivity index (χ0v) is 9.18. The quantitative estimate of drug-likeness (QED) is 0.251. The molecular formula is C10H18O7. The van der Waals surface area contributed by atoms with Gasteiger partial charge in [-0.2, -0.15) is 0 Å². The molecule has 0 radical (unpaired) electrons. The second-order valence-electron chi connectivity index (χ2n) is 3.49. The van der Waals surface area contributed by atoms with Crippen molar-refractivity contribution in [3.05, 3.63) is 12.2 Å². The SMILES string of the molecule is O=C(C=CCCO)[C@H](O)[C@@H](O)[C@H](O)[C@H](O)CO. The third kappa shape index (κ3) is 5.35. The summed E-state index contributed by atoms with van der Waals surface area (Å²) in [4.78, 5) is 11.2. The van der Waals surface area contributed by atoms with Gasteiger partial charge in [0.1, 0.15) is 24.4 Å². The van der Waals surface area contributed by atoms with Crippen LogP contribution in [0.1, 0.15) is 6.42 Å². The van der Waals surface area contributed by atoms with Crippen molar-refractivity contribution in [1.82, 2.24) is 0 Å². The van der Waals surface area contributed by atoms with Gasteiger partial charge in [0.05, 0.1) is 6.61 Å². The topological polar surface area (TPSA) is 138 Å². The molecule has 0 saturated carbocycles. The summed E-state index contributed by atoms with van der Waals surface area (Å²) in [5.41, 5.74) is 0. The molecule has 0 amide bonds. The molecule has 0 saturated heterocycles. The van der Waals surface area contributed by atoms with Crippen LogP contribution in [0.3, 0.4) is 0 Å². The summed E-state index contributed by atoms with van der Waals surface area (Å²) in [6.45, 7) is -0.965. The molecule has 17 heavy (non-hydrogen) atoms. The molecule has 0 unspecified atom stereocenters. The maximum atomic E-state index is 11.2. The van der Waals surface area contributed by atoms with E-state index >= 15 is 0 Å². The Balaban J connectivity index is 4.38. The Bertz CT molecular complexity index is 253. The molecule has 0 aliphatic carbocycles. The van der Waals surface area contributed by atoms with Crippen LogP contribution < -0.4 is 0 Å². The van der Waals surface area contributed by atoms with Crippen LogP contribution in [0.15, 0.2) is 12.2 Å². The number of ketones is 1. The van der Waals surface area contributed by atoms with Crippen LogP contribution in [0.4, 0.5) is 0 Å². The Hall–Kier alpha value is -0.830. The highest BCUT2D eigenvalue weighted by Gasteiger charge is 2.32. The second kappa shape index (κ2) is 8.29. The van der Waals surface area contributed by atoms with Crippen LogP contribution >= 0.6 is 0 Å². The van der Waals surface area contributed by atoms with Gasteiger partial charge in [0, 0.05) is 6.61 Å². The van der Waals surface area contributed by atoms with E-state index in [1.807, 2.05) is 0 Å². The Morgan fingerprint density at radius 1 is 1.06 bits per heavy atom. The molecule has 0 rings (SSSR count). The largest absolute Gasteiger partial charge is 0.396 e. The third-order valence-corrected chi connectivity index (χ3v) is 2.12. The van der Waals surface area contributed by atoms with Crippen molar-refractivity contribution in [2.45, 2.75) is 30.8 Å². The predicted octanol–water partition coefficient (Wildman–Crippen LogP) is -3.07. The van der Waals surface area contributed by atoms with Crippen molar-refractivity contribution < 1.29 is 35.4 Å². The van der Waals surface area contributed by atoms with E-state index in [0.717, 1.165) is 6.08 Å². The highest BCUT2D eigenvalue weighted by atomic mass is 16.4. The molecular weight excluding hydrogens is 232 g/mol. The smallest absolute Gasteiger partial charge is 0.186 e. The first-order valence-electron chi connectivity index (χ1n) is 5.10. The van der Waals surface area contributed by atoms with E-state index in [9.17, 15) is 20.1 Å². The summed E-state index contributed by atoms with van der Waals surface area (Å²) in [6.07, 6.45) is -4.80. The van der Waals surface area contributed by atoms with Crippen LogP contribution in [0.25, 0.3) is 0 Å². The minimum Gasteiger partial charge on any atom is -0.396 e. The van der Waals surface area contributed by atoms with E-state index in [2.05, 4.69) is 0 Å². The molecule has 6 N–H and O–H groups in total. The zero-order valence-electron chi connectivity index (χ0n) is 9.18. The fourth-order valence-electron chi connectivity index (χ4n) is 1.06. The monoisotopic (exact) mass is 250 g/mol. The summed E-state index contributed by atoms with van der Waals surface area (Å²) < 4.78 is 0. The molecule has 0 bridgehead atoms. The van der Waals surface area contributed by atoms with Gasteiger partial charge >= 0.3 is 0 Å². The molecule has 7 nitrogen and oxygen atoms in total. The highest BCUT2D eigenvalue weighted by Crippen LogP contribution is 2.06. The van der Waals surface area contributed by atoms with Gasteiger partial charge in [-0.25, -0.2) is 0 Å². The predicted molar refractivity (Wildman–Crippen MR) is 57.0 cm³/mol. The van der Waals surface area contributed by atoms with Crippen LogP contribution in [0, 0.1) is 0 Å². The van der Waals surface area contributed by atoms with Crippen molar-refractivity contribution >= 4 is 5.78 Å². The van der Waals surface area contributed by atoms with E-state index in [-0.39, 0.29) is 13.0 Å². The molecule has 100 valence electrons. The van der Waals surface area contributed by atoms with Crippen molar-refractivity contribution in [3.8, 4) is 0 Å². The highest BCUT2D eigenvalue weighted by molar-refractivity contribution is 5.93. The van der Waals surface area contributed by atoms with Gasteiger partial charge in [-0.05, 0) is 12.5 Å². The summed E-state index contributed by atoms with van der Waals surface area (Å²) in [7, 11) is 0. The fraction of sp³-hybridized carbons (Fsp3) is 0.700. The number of hydrogen-bond acceptors (Lipinski definition) is 7. The minimum absolute atomic E-state index is 0.158.